The molecule has 1 heterocycles. The Morgan fingerprint density at radius 3 is 1.88 bits per heavy atom. The number of hydrogen-bond donors (Lipinski definition) is 0. The van der Waals surface area contributed by atoms with Crippen molar-refractivity contribution in [2.24, 2.45) is 0 Å². The maximum atomic E-state index is 13.4. The number of amides is 1. The van der Waals surface area contributed by atoms with Crippen LogP contribution in [0.2, 0.25) is 5.02 Å². The Hall–Kier alpha value is -2.42. The maximum Gasteiger partial charge on any atom is 0.416 e. The van der Waals surface area contributed by atoms with Gasteiger partial charge < -0.3 is 9.64 Å². The number of benzene rings is 2. The highest BCUT2D eigenvalue weighted by molar-refractivity contribution is 6.30. The average molecular weight is 506 g/mol. The molecular formula is C24H22ClF6NO2. The number of piperidine rings is 1. The van der Waals surface area contributed by atoms with Crippen molar-refractivity contribution in [2.45, 2.75) is 56.0 Å². The number of hydrogen-bond acceptors (Lipinski definition) is 2. The fraction of sp³-hybridized carbons (Fsp3) is 0.458. The third-order valence-electron chi connectivity index (χ3n) is 6.61. The summed E-state index contributed by atoms with van der Waals surface area (Å²) in [6, 6.07) is 8.42. The van der Waals surface area contributed by atoms with Crippen LogP contribution in [-0.2, 0) is 22.6 Å². The molecule has 0 radical (unpaired) electrons. The summed E-state index contributed by atoms with van der Waals surface area (Å²) in [6.07, 6.45) is -7.50. The number of rotatable bonds is 4. The Balaban J connectivity index is 1.44. The lowest BCUT2D eigenvalue weighted by atomic mass is 9.63. The third kappa shape index (κ3) is 4.99. The van der Waals surface area contributed by atoms with Gasteiger partial charge in [0, 0.05) is 31.0 Å². The summed E-state index contributed by atoms with van der Waals surface area (Å²) in [5.74, 6) is -0.499. The van der Waals surface area contributed by atoms with Gasteiger partial charge >= 0.3 is 12.4 Å². The predicted octanol–water partition coefficient (Wildman–Crippen LogP) is 6.87. The standard InChI is InChI=1S/C24H22ClF6NO2/c25-18-4-2-15(3-5-18)22(8-1-9-22)21(33)32-10-6-19(7-11-32)34-20-13-16(23(26,27)28)12-17(14-20)24(29,30)31/h2-5,12-14,19H,1,6-11H2. The van der Waals surface area contributed by atoms with Gasteiger partial charge in [0.05, 0.1) is 16.5 Å². The number of alkyl halides is 6. The first-order valence-electron chi connectivity index (χ1n) is 10.9. The normalized spacial score (nSPS) is 19.0. The van der Waals surface area contributed by atoms with Crippen LogP contribution in [0.4, 0.5) is 26.3 Å². The van der Waals surface area contributed by atoms with Gasteiger partial charge in [0.25, 0.3) is 0 Å². The molecule has 34 heavy (non-hydrogen) atoms. The highest BCUT2D eigenvalue weighted by atomic mass is 35.5. The largest absolute Gasteiger partial charge is 0.490 e. The van der Waals surface area contributed by atoms with Gasteiger partial charge in [0.1, 0.15) is 11.9 Å². The van der Waals surface area contributed by atoms with Crippen molar-refractivity contribution in [1.29, 1.82) is 0 Å². The van der Waals surface area contributed by atoms with Crippen LogP contribution in [0.15, 0.2) is 42.5 Å². The van der Waals surface area contributed by atoms with Crippen LogP contribution in [0.3, 0.4) is 0 Å². The molecule has 10 heteroatoms. The zero-order valence-electron chi connectivity index (χ0n) is 18.0. The highest BCUT2D eigenvalue weighted by Gasteiger charge is 2.48. The van der Waals surface area contributed by atoms with E-state index in [1.54, 1.807) is 17.0 Å². The molecule has 0 atom stereocenters. The zero-order valence-corrected chi connectivity index (χ0v) is 18.7. The number of nitrogens with zero attached hydrogens (tertiary/aromatic N) is 1. The summed E-state index contributed by atoms with van der Waals surface area (Å²) < 4.78 is 84.1. The first-order valence-corrected chi connectivity index (χ1v) is 11.3. The topological polar surface area (TPSA) is 29.5 Å². The summed E-state index contributed by atoms with van der Waals surface area (Å²) in [5.41, 5.74) is -2.55. The van der Waals surface area contributed by atoms with Crippen molar-refractivity contribution in [3.63, 3.8) is 0 Å². The summed E-state index contributed by atoms with van der Waals surface area (Å²) >= 11 is 5.97. The van der Waals surface area contributed by atoms with E-state index >= 15 is 0 Å². The second kappa shape index (κ2) is 8.98. The van der Waals surface area contributed by atoms with Gasteiger partial charge in [-0.1, -0.05) is 30.2 Å². The Bertz CT molecular complexity index is 1010. The van der Waals surface area contributed by atoms with Crippen LogP contribution < -0.4 is 4.74 Å². The number of halogens is 7. The molecular weight excluding hydrogens is 484 g/mol. The van der Waals surface area contributed by atoms with E-state index in [2.05, 4.69) is 0 Å². The van der Waals surface area contributed by atoms with Crippen LogP contribution in [0, 0.1) is 0 Å². The van der Waals surface area contributed by atoms with Gasteiger partial charge in [-0.05, 0) is 48.7 Å². The highest BCUT2D eigenvalue weighted by Crippen LogP contribution is 2.46. The van der Waals surface area contributed by atoms with E-state index in [0.29, 0.717) is 55.9 Å². The Morgan fingerprint density at radius 1 is 0.912 bits per heavy atom. The van der Waals surface area contributed by atoms with E-state index < -0.39 is 40.7 Å². The minimum absolute atomic E-state index is 0.0158. The van der Waals surface area contributed by atoms with Crippen molar-refractivity contribution >= 4 is 17.5 Å². The Labute approximate surface area is 197 Å². The van der Waals surface area contributed by atoms with Crippen molar-refractivity contribution in [3.05, 3.63) is 64.2 Å². The van der Waals surface area contributed by atoms with Gasteiger partial charge in [-0.15, -0.1) is 0 Å². The molecule has 2 aromatic carbocycles. The third-order valence-corrected chi connectivity index (χ3v) is 6.86. The fourth-order valence-electron chi connectivity index (χ4n) is 4.59. The molecule has 0 bridgehead atoms. The van der Waals surface area contributed by atoms with Crippen molar-refractivity contribution in [3.8, 4) is 5.75 Å². The Kier molecular flexibility index (Phi) is 6.52. The molecule has 2 aliphatic rings. The van der Waals surface area contributed by atoms with E-state index in [9.17, 15) is 31.1 Å². The molecule has 2 aromatic rings. The number of carbonyl (C=O) groups excluding carboxylic acids is 1. The molecule has 0 N–H and O–H groups in total. The van der Waals surface area contributed by atoms with Crippen LogP contribution in [0.1, 0.15) is 48.8 Å². The van der Waals surface area contributed by atoms with E-state index in [1.165, 1.54) is 0 Å². The quantitative estimate of drug-likeness (QED) is 0.424. The average Bonchev–Trinajstić information content (AvgIpc) is 2.73. The lowest BCUT2D eigenvalue weighted by molar-refractivity contribution is -0.144. The Morgan fingerprint density at radius 2 is 1.44 bits per heavy atom. The molecule has 3 nitrogen and oxygen atoms in total. The zero-order chi connectivity index (χ0) is 24.7. The van der Waals surface area contributed by atoms with Gasteiger partial charge in [-0.3, -0.25) is 4.79 Å². The molecule has 1 amide bonds. The first-order chi connectivity index (χ1) is 15.9. The first kappa shape index (κ1) is 24.7. The lowest BCUT2D eigenvalue weighted by Crippen LogP contribution is -2.53. The van der Waals surface area contributed by atoms with E-state index in [-0.39, 0.29) is 12.0 Å². The summed E-state index contributed by atoms with van der Waals surface area (Å²) in [5, 5.41) is 0.576. The van der Waals surface area contributed by atoms with Crippen LogP contribution in [0.25, 0.3) is 0 Å². The number of ether oxygens (including phenoxy) is 1. The second-order valence-corrected chi connectivity index (χ2v) is 9.23. The molecule has 0 aromatic heterocycles. The number of carbonyl (C=O) groups is 1. The van der Waals surface area contributed by atoms with Gasteiger partial charge in [-0.2, -0.15) is 26.3 Å². The van der Waals surface area contributed by atoms with E-state index in [1.807, 2.05) is 12.1 Å². The molecule has 4 rings (SSSR count). The van der Waals surface area contributed by atoms with Crippen LogP contribution in [0.5, 0.6) is 5.75 Å². The molecule has 1 aliphatic heterocycles. The monoisotopic (exact) mass is 505 g/mol. The minimum Gasteiger partial charge on any atom is -0.490 e. The van der Waals surface area contributed by atoms with Gasteiger partial charge in [-0.25, -0.2) is 0 Å². The van der Waals surface area contributed by atoms with Crippen molar-refractivity contribution in [2.75, 3.05) is 13.1 Å². The lowest BCUT2D eigenvalue weighted by Gasteiger charge is -2.45. The van der Waals surface area contributed by atoms with Gasteiger partial charge in [0.15, 0.2) is 0 Å². The molecule has 1 aliphatic carbocycles. The molecule has 1 saturated carbocycles. The molecule has 0 unspecified atom stereocenters. The summed E-state index contributed by atoms with van der Waals surface area (Å²) in [6.45, 7) is 0.619. The fourth-order valence-corrected chi connectivity index (χ4v) is 4.72. The molecule has 1 saturated heterocycles. The van der Waals surface area contributed by atoms with Crippen LogP contribution >= 0.6 is 11.6 Å². The summed E-state index contributed by atoms with van der Waals surface area (Å²) in [7, 11) is 0. The van der Waals surface area contributed by atoms with E-state index in [0.717, 1.165) is 12.0 Å². The minimum atomic E-state index is -4.94. The maximum absolute atomic E-state index is 13.4. The smallest absolute Gasteiger partial charge is 0.416 e. The van der Waals surface area contributed by atoms with Crippen LogP contribution in [-0.4, -0.2) is 30.0 Å². The summed E-state index contributed by atoms with van der Waals surface area (Å²) in [4.78, 5) is 15.1. The second-order valence-electron chi connectivity index (χ2n) is 8.79. The van der Waals surface area contributed by atoms with Gasteiger partial charge in [0.2, 0.25) is 5.91 Å². The van der Waals surface area contributed by atoms with Crippen molar-refractivity contribution < 1.29 is 35.9 Å². The van der Waals surface area contributed by atoms with Crippen molar-refractivity contribution in [1.82, 2.24) is 4.90 Å². The number of likely N-dealkylation sites (tertiary alicyclic amines) is 1. The SMILES string of the molecule is O=C(N1CCC(Oc2cc(C(F)(F)F)cc(C(F)(F)F)c2)CC1)C1(c2ccc(Cl)cc2)CCC1. The predicted molar refractivity (Wildman–Crippen MR) is 114 cm³/mol. The van der Waals surface area contributed by atoms with E-state index in [4.69, 9.17) is 16.3 Å². The molecule has 2 fully saturated rings. The molecule has 0 spiro atoms. The molecule has 184 valence electrons.